The SMILES string of the molecule is [CH2]Cc1ccccc1C(=O)NCC. The number of nitrogens with one attached hydrogen (secondary N) is 1. The van der Waals surface area contributed by atoms with Crippen LogP contribution >= 0.6 is 0 Å². The van der Waals surface area contributed by atoms with Crippen molar-refractivity contribution in [3.05, 3.63) is 42.3 Å². The van der Waals surface area contributed by atoms with Crippen molar-refractivity contribution in [2.75, 3.05) is 6.54 Å². The highest BCUT2D eigenvalue weighted by Crippen LogP contribution is 2.08. The fourth-order valence-electron chi connectivity index (χ4n) is 1.22. The summed E-state index contributed by atoms with van der Waals surface area (Å²) >= 11 is 0. The van der Waals surface area contributed by atoms with Crippen LogP contribution in [0.25, 0.3) is 0 Å². The Morgan fingerprint density at radius 3 is 2.77 bits per heavy atom. The molecule has 1 N–H and O–H groups in total. The summed E-state index contributed by atoms with van der Waals surface area (Å²) in [6, 6.07) is 7.54. The van der Waals surface area contributed by atoms with Gasteiger partial charge in [0.05, 0.1) is 0 Å². The predicted octanol–water partition coefficient (Wildman–Crippen LogP) is 1.81. The van der Waals surface area contributed by atoms with E-state index < -0.39 is 0 Å². The van der Waals surface area contributed by atoms with E-state index >= 15 is 0 Å². The van der Waals surface area contributed by atoms with Gasteiger partial charge in [-0.15, -0.1) is 0 Å². The summed E-state index contributed by atoms with van der Waals surface area (Å²) in [4.78, 5) is 11.5. The molecule has 0 unspecified atom stereocenters. The highest BCUT2D eigenvalue weighted by molar-refractivity contribution is 5.95. The smallest absolute Gasteiger partial charge is 0.251 e. The first-order chi connectivity index (χ1) is 6.29. The topological polar surface area (TPSA) is 29.1 Å². The van der Waals surface area contributed by atoms with Crippen LogP contribution in [0.15, 0.2) is 24.3 Å². The second-order valence-corrected chi connectivity index (χ2v) is 2.77. The maximum absolute atomic E-state index is 11.5. The van der Waals surface area contributed by atoms with Crippen molar-refractivity contribution in [1.82, 2.24) is 5.32 Å². The average Bonchev–Trinajstić information content (AvgIpc) is 2.18. The Hall–Kier alpha value is -1.31. The summed E-state index contributed by atoms with van der Waals surface area (Å²) in [6.45, 7) is 6.34. The Morgan fingerprint density at radius 2 is 2.15 bits per heavy atom. The zero-order valence-corrected chi connectivity index (χ0v) is 7.84. The minimum Gasteiger partial charge on any atom is -0.352 e. The van der Waals surface area contributed by atoms with Crippen LogP contribution in [0.1, 0.15) is 22.8 Å². The summed E-state index contributed by atoms with van der Waals surface area (Å²) in [5.41, 5.74) is 1.73. The number of carbonyl (C=O) groups is 1. The van der Waals surface area contributed by atoms with Crippen LogP contribution in [-0.4, -0.2) is 12.5 Å². The van der Waals surface area contributed by atoms with Crippen LogP contribution in [0, 0.1) is 6.92 Å². The fraction of sp³-hybridized carbons (Fsp3) is 0.273. The molecule has 0 heterocycles. The van der Waals surface area contributed by atoms with Gasteiger partial charge in [0, 0.05) is 12.1 Å². The Bertz CT molecular complexity index is 294. The lowest BCUT2D eigenvalue weighted by molar-refractivity contribution is 0.0955. The van der Waals surface area contributed by atoms with E-state index in [4.69, 9.17) is 0 Å². The van der Waals surface area contributed by atoms with Gasteiger partial charge in [-0.2, -0.15) is 0 Å². The van der Waals surface area contributed by atoms with Gasteiger partial charge in [0.1, 0.15) is 0 Å². The number of amides is 1. The van der Waals surface area contributed by atoms with Gasteiger partial charge in [0.2, 0.25) is 0 Å². The summed E-state index contributed by atoms with van der Waals surface area (Å²) in [5.74, 6) is -0.0123. The van der Waals surface area contributed by atoms with Gasteiger partial charge >= 0.3 is 0 Å². The van der Waals surface area contributed by atoms with Crippen molar-refractivity contribution in [3.63, 3.8) is 0 Å². The summed E-state index contributed by atoms with van der Waals surface area (Å²) in [7, 11) is 0. The lowest BCUT2D eigenvalue weighted by atomic mass is 10.1. The zero-order valence-electron chi connectivity index (χ0n) is 7.84. The van der Waals surface area contributed by atoms with E-state index in [0.29, 0.717) is 13.0 Å². The maximum Gasteiger partial charge on any atom is 0.251 e. The first-order valence-electron chi connectivity index (χ1n) is 4.45. The number of hydrogen-bond donors (Lipinski definition) is 1. The van der Waals surface area contributed by atoms with Gasteiger partial charge in [-0.3, -0.25) is 4.79 Å². The second kappa shape index (κ2) is 4.65. The largest absolute Gasteiger partial charge is 0.352 e. The van der Waals surface area contributed by atoms with Gasteiger partial charge in [-0.1, -0.05) is 18.2 Å². The Morgan fingerprint density at radius 1 is 1.46 bits per heavy atom. The van der Waals surface area contributed by atoms with Gasteiger partial charge in [-0.25, -0.2) is 0 Å². The average molecular weight is 176 g/mol. The van der Waals surface area contributed by atoms with Crippen molar-refractivity contribution >= 4 is 5.91 Å². The van der Waals surface area contributed by atoms with Crippen LogP contribution in [0.2, 0.25) is 0 Å². The molecule has 0 aliphatic carbocycles. The molecule has 2 nitrogen and oxygen atoms in total. The summed E-state index contributed by atoms with van der Waals surface area (Å²) in [6.07, 6.45) is 0.646. The highest BCUT2D eigenvalue weighted by Gasteiger charge is 2.07. The van der Waals surface area contributed by atoms with Crippen molar-refractivity contribution in [2.45, 2.75) is 13.3 Å². The van der Waals surface area contributed by atoms with E-state index in [1.54, 1.807) is 0 Å². The first-order valence-corrected chi connectivity index (χ1v) is 4.45. The number of rotatable bonds is 3. The second-order valence-electron chi connectivity index (χ2n) is 2.77. The fourth-order valence-corrected chi connectivity index (χ4v) is 1.22. The standard InChI is InChI=1S/C11H14NO/c1-3-9-7-5-6-8-10(9)11(13)12-4-2/h5-8H,1,3-4H2,2H3,(H,12,13). The minimum atomic E-state index is -0.0123. The van der Waals surface area contributed by atoms with Crippen LogP contribution < -0.4 is 5.32 Å². The predicted molar refractivity (Wildman–Crippen MR) is 53.5 cm³/mol. The molecule has 1 aromatic carbocycles. The Balaban J connectivity index is 2.92. The van der Waals surface area contributed by atoms with Crippen molar-refractivity contribution in [2.24, 2.45) is 0 Å². The lowest BCUT2D eigenvalue weighted by Crippen LogP contribution is -2.23. The molecule has 0 aliphatic rings. The molecule has 13 heavy (non-hydrogen) atoms. The molecular weight excluding hydrogens is 162 g/mol. The molecule has 69 valence electrons. The van der Waals surface area contributed by atoms with Crippen LogP contribution in [-0.2, 0) is 6.42 Å². The van der Waals surface area contributed by atoms with Gasteiger partial charge in [0.15, 0.2) is 0 Å². The first kappa shape index (κ1) is 9.78. The molecule has 0 aliphatic heterocycles. The van der Waals surface area contributed by atoms with Gasteiger partial charge in [0.25, 0.3) is 5.91 Å². The van der Waals surface area contributed by atoms with E-state index in [0.717, 1.165) is 11.1 Å². The molecule has 0 saturated heterocycles. The Labute approximate surface area is 79.0 Å². The number of benzene rings is 1. The normalized spacial score (nSPS) is 9.69. The molecule has 2 heteroatoms. The molecule has 1 radical (unpaired) electrons. The summed E-state index contributed by atoms with van der Waals surface area (Å²) < 4.78 is 0. The van der Waals surface area contributed by atoms with E-state index in [2.05, 4.69) is 12.2 Å². The molecule has 0 saturated carbocycles. The van der Waals surface area contributed by atoms with Gasteiger partial charge in [-0.05, 0) is 31.9 Å². The molecule has 1 aromatic rings. The number of hydrogen-bond acceptors (Lipinski definition) is 1. The van der Waals surface area contributed by atoms with Crippen LogP contribution in [0.5, 0.6) is 0 Å². The number of carbonyl (C=O) groups excluding carboxylic acids is 1. The van der Waals surface area contributed by atoms with Crippen molar-refractivity contribution in [3.8, 4) is 0 Å². The molecule has 0 fully saturated rings. The van der Waals surface area contributed by atoms with E-state index in [9.17, 15) is 4.79 Å². The highest BCUT2D eigenvalue weighted by atomic mass is 16.1. The molecular formula is C11H14NO. The third kappa shape index (κ3) is 2.31. The van der Waals surface area contributed by atoms with Crippen LogP contribution in [0.4, 0.5) is 0 Å². The third-order valence-corrected chi connectivity index (χ3v) is 1.87. The van der Waals surface area contributed by atoms with Gasteiger partial charge < -0.3 is 5.32 Å². The van der Waals surface area contributed by atoms with Crippen molar-refractivity contribution in [1.29, 1.82) is 0 Å². The lowest BCUT2D eigenvalue weighted by Gasteiger charge is -2.06. The molecule has 0 spiro atoms. The molecule has 1 rings (SSSR count). The summed E-state index contributed by atoms with van der Waals surface area (Å²) in [5, 5.41) is 2.77. The quantitative estimate of drug-likeness (QED) is 0.747. The van der Waals surface area contributed by atoms with Crippen molar-refractivity contribution < 1.29 is 4.79 Å². The maximum atomic E-state index is 11.5. The van der Waals surface area contributed by atoms with E-state index in [-0.39, 0.29) is 5.91 Å². The zero-order chi connectivity index (χ0) is 9.68. The molecule has 0 atom stereocenters. The molecule has 0 aromatic heterocycles. The molecule has 1 amide bonds. The third-order valence-electron chi connectivity index (χ3n) is 1.87. The van der Waals surface area contributed by atoms with E-state index in [1.807, 2.05) is 31.2 Å². The monoisotopic (exact) mass is 176 g/mol. The van der Waals surface area contributed by atoms with Crippen LogP contribution in [0.3, 0.4) is 0 Å². The minimum absolute atomic E-state index is 0.0123. The molecule has 0 bridgehead atoms. The van der Waals surface area contributed by atoms with E-state index in [1.165, 1.54) is 0 Å². The Kier molecular flexibility index (Phi) is 3.50.